The maximum absolute atomic E-state index is 13.4. The molecule has 0 spiro atoms. The zero-order valence-electron chi connectivity index (χ0n) is 22.7. The van der Waals surface area contributed by atoms with Gasteiger partial charge in [0.05, 0.1) is 24.0 Å². The van der Waals surface area contributed by atoms with Crippen molar-refractivity contribution >= 4 is 21.6 Å². The molecule has 1 amide bonds. The van der Waals surface area contributed by atoms with Crippen LogP contribution in [0, 0.1) is 5.92 Å². The summed E-state index contributed by atoms with van der Waals surface area (Å²) in [7, 11) is -1.76. The van der Waals surface area contributed by atoms with E-state index in [1.807, 2.05) is 32.2 Å². The van der Waals surface area contributed by atoms with E-state index in [-0.39, 0.29) is 41.9 Å². The molecule has 0 saturated heterocycles. The van der Waals surface area contributed by atoms with Crippen LogP contribution in [0.15, 0.2) is 83.8 Å². The first-order valence-electron chi connectivity index (χ1n) is 13.2. The zero-order chi connectivity index (χ0) is 28.0. The third-order valence-electron chi connectivity index (χ3n) is 7.01. The van der Waals surface area contributed by atoms with Crippen molar-refractivity contribution in [3.63, 3.8) is 0 Å². The highest BCUT2D eigenvalue weighted by molar-refractivity contribution is 7.92. The van der Waals surface area contributed by atoms with E-state index in [2.05, 4.69) is 28.7 Å². The van der Waals surface area contributed by atoms with Gasteiger partial charge < -0.3 is 14.7 Å². The number of hydrogen-bond acceptors (Lipinski definition) is 6. The van der Waals surface area contributed by atoms with Gasteiger partial charge in [0, 0.05) is 36.8 Å². The van der Waals surface area contributed by atoms with Crippen molar-refractivity contribution in [2.75, 3.05) is 31.5 Å². The Morgan fingerprint density at radius 2 is 1.74 bits per heavy atom. The third-order valence-corrected chi connectivity index (χ3v) is 8.41. The molecule has 9 heteroatoms. The Labute approximate surface area is 231 Å². The minimum Gasteiger partial charge on any atom is -0.488 e. The average molecular weight is 552 g/mol. The van der Waals surface area contributed by atoms with Crippen LogP contribution in [0.5, 0.6) is 5.75 Å². The minimum absolute atomic E-state index is 0.0246. The van der Waals surface area contributed by atoms with Gasteiger partial charge in [-0.15, -0.1) is 0 Å². The van der Waals surface area contributed by atoms with Crippen molar-refractivity contribution in [3.05, 3.63) is 90.0 Å². The summed E-state index contributed by atoms with van der Waals surface area (Å²) < 4.78 is 35.0. The summed E-state index contributed by atoms with van der Waals surface area (Å²) in [5.41, 5.74) is 2.13. The summed E-state index contributed by atoms with van der Waals surface area (Å²) in [4.78, 5) is 17.5. The Morgan fingerprint density at radius 3 is 2.41 bits per heavy atom. The Morgan fingerprint density at radius 1 is 1.08 bits per heavy atom. The van der Waals surface area contributed by atoms with E-state index in [0.29, 0.717) is 30.1 Å². The van der Waals surface area contributed by atoms with E-state index in [1.165, 1.54) is 17.7 Å². The SMILES string of the molecule is C[C@@H]1CN([C@@H](C)CO)C(=O)Cc2cc(NS(=O)(=O)c3ccccc3)ccc2O[C@H]1CN(C)Cc1ccccc1. The predicted molar refractivity (Wildman–Crippen MR) is 152 cm³/mol. The van der Waals surface area contributed by atoms with E-state index in [9.17, 15) is 18.3 Å². The molecule has 0 aliphatic carbocycles. The van der Waals surface area contributed by atoms with E-state index in [0.717, 1.165) is 6.54 Å². The smallest absolute Gasteiger partial charge is 0.261 e. The summed E-state index contributed by atoms with van der Waals surface area (Å²) in [6.07, 6.45) is -0.219. The van der Waals surface area contributed by atoms with Gasteiger partial charge in [0.1, 0.15) is 11.9 Å². The lowest BCUT2D eigenvalue weighted by Gasteiger charge is -2.34. The molecular weight excluding hydrogens is 514 g/mol. The van der Waals surface area contributed by atoms with Gasteiger partial charge in [-0.25, -0.2) is 8.42 Å². The van der Waals surface area contributed by atoms with Gasteiger partial charge in [0.2, 0.25) is 5.91 Å². The Balaban J connectivity index is 1.63. The molecule has 39 heavy (non-hydrogen) atoms. The number of sulfonamides is 1. The van der Waals surface area contributed by atoms with Crippen LogP contribution in [0.1, 0.15) is 25.0 Å². The van der Waals surface area contributed by atoms with E-state index < -0.39 is 10.0 Å². The topological polar surface area (TPSA) is 99.2 Å². The molecule has 0 fully saturated rings. The number of fused-ring (bicyclic) bond motifs is 1. The lowest BCUT2D eigenvalue weighted by molar-refractivity contribution is -0.134. The maximum Gasteiger partial charge on any atom is 0.261 e. The first-order valence-corrected chi connectivity index (χ1v) is 14.6. The van der Waals surface area contributed by atoms with Gasteiger partial charge in [-0.3, -0.25) is 14.4 Å². The van der Waals surface area contributed by atoms with E-state index >= 15 is 0 Å². The molecule has 4 rings (SSSR count). The second-order valence-corrected chi connectivity index (χ2v) is 12.0. The molecule has 0 bridgehead atoms. The summed E-state index contributed by atoms with van der Waals surface area (Å²) in [6.45, 7) is 5.53. The van der Waals surface area contributed by atoms with Crippen LogP contribution in [0.3, 0.4) is 0 Å². The third kappa shape index (κ3) is 7.38. The molecule has 1 aliphatic rings. The van der Waals surface area contributed by atoms with Crippen LogP contribution in [-0.2, 0) is 27.8 Å². The molecule has 0 saturated carbocycles. The number of nitrogens with one attached hydrogen (secondary N) is 1. The molecule has 3 aromatic carbocycles. The van der Waals surface area contributed by atoms with Gasteiger partial charge in [0.15, 0.2) is 0 Å². The first-order chi connectivity index (χ1) is 18.7. The Hall–Kier alpha value is -3.40. The van der Waals surface area contributed by atoms with Crippen molar-refractivity contribution in [2.45, 2.75) is 43.9 Å². The highest BCUT2D eigenvalue weighted by atomic mass is 32.2. The van der Waals surface area contributed by atoms with Crippen LogP contribution < -0.4 is 9.46 Å². The van der Waals surface area contributed by atoms with Crippen molar-refractivity contribution in [2.24, 2.45) is 5.92 Å². The van der Waals surface area contributed by atoms with Crippen LogP contribution >= 0.6 is 0 Å². The van der Waals surface area contributed by atoms with Crippen molar-refractivity contribution < 1.29 is 23.1 Å². The zero-order valence-corrected chi connectivity index (χ0v) is 23.5. The Bertz CT molecular complexity index is 1350. The fourth-order valence-electron chi connectivity index (χ4n) is 4.79. The largest absolute Gasteiger partial charge is 0.488 e. The normalized spacial score (nSPS) is 18.9. The van der Waals surface area contributed by atoms with E-state index in [4.69, 9.17) is 4.74 Å². The number of carbonyl (C=O) groups is 1. The molecule has 0 aromatic heterocycles. The number of amides is 1. The van der Waals surface area contributed by atoms with Crippen molar-refractivity contribution in [1.82, 2.24) is 9.80 Å². The van der Waals surface area contributed by atoms with Gasteiger partial charge in [-0.05, 0) is 49.9 Å². The standard InChI is InChI=1S/C30H37N3O5S/c1-22-18-33(23(2)21-34)30(35)17-25-16-26(31-39(36,37)27-12-8-5-9-13-27)14-15-28(25)38-29(22)20-32(3)19-24-10-6-4-7-11-24/h4-16,22-23,29,31,34H,17-21H2,1-3H3/t22-,23+,29+/m1/s1. The average Bonchev–Trinajstić information content (AvgIpc) is 2.96. The number of carbonyl (C=O) groups excluding carboxylic acids is 1. The van der Waals surface area contributed by atoms with E-state index in [1.54, 1.807) is 41.3 Å². The van der Waals surface area contributed by atoms with Crippen LogP contribution in [0.2, 0.25) is 0 Å². The summed E-state index contributed by atoms with van der Waals surface area (Å²) in [6, 6.07) is 23.0. The number of hydrogen-bond donors (Lipinski definition) is 2. The van der Waals surface area contributed by atoms with Gasteiger partial charge in [-0.2, -0.15) is 0 Å². The van der Waals surface area contributed by atoms with Crippen LogP contribution in [-0.4, -0.2) is 68.1 Å². The number of rotatable bonds is 9. The second kappa shape index (κ2) is 12.6. The summed E-state index contributed by atoms with van der Waals surface area (Å²) in [5, 5.41) is 9.86. The number of aliphatic hydroxyl groups excluding tert-OH is 1. The minimum atomic E-state index is -3.80. The fraction of sp³-hybridized carbons (Fsp3) is 0.367. The quantitative estimate of drug-likeness (QED) is 0.420. The number of aliphatic hydroxyl groups is 1. The predicted octanol–water partition coefficient (Wildman–Crippen LogP) is 3.77. The van der Waals surface area contributed by atoms with Crippen molar-refractivity contribution in [3.8, 4) is 5.75 Å². The first kappa shape index (κ1) is 28.6. The number of likely N-dealkylation sites (N-methyl/N-ethyl adjacent to an activating group) is 1. The number of nitrogens with zero attached hydrogens (tertiary/aromatic N) is 2. The number of ether oxygens (including phenoxy) is 1. The molecule has 3 atom stereocenters. The number of benzene rings is 3. The molecule has 1 aliphatic heterocycles. The molecule has 1 heterocycles. The second-order valence-electron chi connectivity index (χ2n) is 10.3. The fourth-order valence-corrected chi connectivity index (χ4v) is 5.86. The van der Waals surface area contributed by atoms with Crippen molar-refractivity contribution in [1.29, 1.82) is 0 Å². The molecule has 8 nitrogen and oxygen atoms in total. The lowest BCUT2D eigenvalue weighted by Crippen LogP contribution is -2.47. The molecule has 0 unspecified atom stereocenters. The highest BCUT2D eigenvalue weighted by Crippen LogP contribution is 2.30. The maximum atomic E-state index is 13.4. The molecule has 3 aromatic rings. The molecule has 0 radical (unpaired) electrons. The van der Waals surface area contributed by atoms with Gasteiger partial charge in [0.25, 0.3) is 10.0 Å². The monoisotopic (exact) mass is 551 g/mol. The van der Waals surface area contributed by atoms with Gasteiger partial charge >= 0.3 is 0 Å². The molecule has 2 N–H and O–H groups in total. The highest BCUT2D eigenvalue weighted by Gasteiger charge is 2.31. The van der Waals surface area contributed by atoms with Crippen LogP contribution in [0.4, 0.5) is 5.69 Å². The summed E-state index contributed by atoms with van der Waals surface area (Å²) >= 11 is 0. The Kier molecular flexibility index (Phi) is 9.27. The molecule has 208 valence electrons. The van der Waals surface area contributed by atoms with Gasteiger partial charge in [-0.1, -0.05) is 55.5 Å². The number of anilines is 1. The lowest BCUT2D eigenvalue weighted by atomic mass is 10.0. The molecular formula is C30H37N3O5S. The summed E-state index contributed by atoms with van der Waals surface area (Å²) in [5.74, 6) is 0.382. The van der Waals surface area contributed by atoms with Crippen LogP contribution in [0.25, 0.3) is 0 Å².